The van der Waals surface area contributed by atoms with Crippen LogP contribution in [0.3, 0.4) is 0 Å². The highest BCUT2D eigenvalue weighted by atomic mass is 35.5. The van der Waals surface area contributed by atoms with Crippen LogP contribution in [0.25, 0.3) is 0 Å². The molecule has 118 valence electrons. The Bertz CT molecular complexity index is 600. The van der Waals surface area contributed by atoms with Gasteiger partial charge in [0.2, 0.25) is 0 Å². The molecule has 1 aliphatic rings. The van der Waals surface area contributed by atoms with Crippen LogP contribution in [0, 0.1) is 0 Å². The van der Waals surface area contributed by atoms with Gasteiger partial charge in [-0.05, 0) is 5.56 Å². The quantitative estimate of drug-likeness (QED) is 0.895. The normalized spacial score (nSPS) is 17.5. The van der Waals surface area contributed by atoms with Crippen molar-refractivity contribution in [3.63, 3.8) is 0 Å². The van der Waals surface area contributed by atoms with Gasteiger partial charge < -0.3 is 10.1 Å². The molecule has 5 nitrogen and oxygen atoms in total. The Hall–Kier alpha value is -1.47. The first-order chi connectivity index (χ1) is 10.3. The van der Waals surface area contributed by atoms with E-state index in [1.54, 1.807) is 0 Å². The summed E-state index contributed by atoms with van der Waals surface area (Å²) in [6.45, 7) is 1.91. The van der Waals surface area contributed by atoms with Crippen LogP contribution >= 0.6 is 23.7 Å². The Labute approximate surface area is 139 Å². The third-order valence-electron chi connectivity index (χ3n) is 3.22. The predicted octanol–water partition coefficient (Wildman–Crippen LogP) is 2.08. The average molecular weight is 340 g/mol. The third-order valence-corrected chi connectivity index (χ3v) is 4.14. The number of anilines is 1. The Morgan fingerprint density at radius 2 is 2.23 bits per heavy atom. The summed E-state index contributed by atoms with van der Waals surface area (Å²) in [4.78, 5) is 17.4. The molecule has 0 saturated carbocycles. The summed E-state index contributed by atoms with van der Waals surface area (Å²) < 4.78 is 5.42. The lowest BCUT2D eigenvalue weighted by atomic mass is 10.1. The summed E-state index contributed by atoms with van der Waals surface area (Å²) in [7, 11) is 0. The SMILES string of the molecule is Cl.O=C(Nc1ncc(Cc2ccccc2)s1)C1CNCCO1. The molecule has 2 aromatic rings. The van der Waals surface area contributed by atoms with Crippen molar-refractivity contribution < 1.29 is 9.53 Å². The van der Waals surface area contributed by atoms with Crippen LogP contribution in [0.4, 0.5) is 5.13 Å². The van der Waals surface area contributed by atoms with Crippen LogP contribution < -0.4 is 10.6 Å². The van der Waals surface area contributed by atoms with Crippen LogP contribution in [-0.2, 0) is 16.0 Å². The summed E-state index contributed by atoms with van der Waals surface area (Å²) in [6, 6.07) is 10.2. The van der Waals surface area contributed by atoms with Gasteiger partial charge in [0.05, 0.1) is 6.61 Å². The molecule has 0 bridgehead atoms. The lowest BCUT2D eigenvalue weighted by Gasteiger charge is -2.22. The van der Waals surface area contributed by atoms with Gasteiger partial charge in [0.15, 0.2) is 5.13 Å². The van der Waals surface area contributed by atoms with E-state index in [0.29, 0.717) is 18.3 Å². The number of thiazole rings is 1. The van der Waals surface area contributed by atoms with Crippen molar-refractivity contribution >= 4 is 34.8 Å². The Kier molecular flexibility index (Phi) is 6.33. The number of benzene rings is 1. The second-order valence-corrected chi connectivity index (χ2v) is 5.96. The molecule has 0 radical (unpaired) electrons. The van der Waals surface area contributed by atoms with Crippen molar-refractivity contribution in [1.29, 1.82) is 0 Å². The Morgan fingerprint density at radius 1 is 1.41 bits per heavy atom. The van der Waals surface area contributed by atoms with Gasteiger partial charge in [0.25, 0.3) is 5.91 Å². The molecule has 2 heterocycles. The molecule has 0 spiro atoms. The number of rotatable bonds is 4. The monoisotopic (exact) mass is 339 g/mol. The van der Waals surface area contributed by atoms with Gasteiger partial charge in [0, 0.05) is 30.6 Å². The number of carbonyl (C=O) groups excluding carboxylic acids is 1. The molecule has 1 aliphatic heterocycles. The number of nitrogens with one attached hydrogen (secondary N) is 2. The number of carbonyl (C=O) groups is 1. The smallest absolute Gasteiger partial charge is 0.256 e. The van der Waals surface area contributed by atoms with Crippen molar-refractivity contribution in [3.8, 4) is 0 Å². The van der Waals surface area contributed by atoms with Crippen LogP contribution in [-0.4, -0.2) is 36.7 Å². The van der Waals surface area contributed by atoms with E-state index in [-0.39, 0.29) is 18.3 Å². The second kappa shape index (κ2) is 8.24. The maximum atomic E-state index is 12.0. The standard InChI is InChI=1S/C15H17N3O2S.ClH/c19-14(13-10-16-6-7-20-13)18-15-17-9-12(21-15)8-11-4-2-1-3-5-11;/h1-5,9,13,16H,6-8,10H2,(H,17,18,19);1H. The zero-order valence-electron chi connectivity index (χ0n) is 12.0. The first-order valence-corrected chi connectivity index (χ1v) is 7.75. The molecule has 7 heteroatoms. The fourth-order valence-corrected chi connectivity index (χ4v) is 3.01. The summed E-state index contributed by atoms with van der Waals surface area (Å²) in [6.07, 6.45) is 2.21. The molecule has 22 heavy (non-hydrogen) atoms. The Balaban J connectivity index is 0.00000176. The number of halogens is 1. The number of ether oxygens (including phenoxy) is 1. The van der Waals surface area contributed by atoms with Gasteiger partial charge in [-0.1, -0.05) is 30.3 Å². The highest BCUT2D eigenvalue weighted by molar-refractivity contribution is 7.15. The van der Waals surface area contributed by atoms with E-state index in [1.165, 1.54) is 16.9 Å². The summed E-state index contributed by atoms with van der Waals surface area (Å²) in [5, 5.41) is 6.58. The van der Waals surface area contributed by atoms with E-state index in [1.807, 2.05) is 24.4 Å². The first kappa shape index (κ1) is 16.9. The lowest BCUT2D eigenvalue weighted by molar-refractivity contribution is -0.128. The summed E-state index contributed by atoms with van der Waals surface area (Å²) >= 11 is 1.50. The van der Waals surface area contributed by atoms with Gasteiger partial charge in [0.1, 0.15) is 6.10 Å². The van der Waals surface area contributed by atoms with Crippen molar-refractivity contribution in [3.05, 3.63) is 47.0 Å². The topological polar surface area (TPSA) is 63.2 Å². The van der Waals surface area contributed by atoms with Gasteiger partial charge in [-0.3, -0.25) is 10.1 Å². The van der Waals surface area contributed by atoms with Crippen molar-refractivity contribution in [2.45, 2.75) is 12.5 Å². The van der Waals surface area contributed by atoms with E-state index in [0.717, 1.165) is 17.8 Å². The van der Waals surface area contributed by atoms with Gasteiger partial charge in [-0.25, -0.2) is 4.98 Å². The van der Waals surface area contributed by atoms with Crippen LogP contribution in [0.5, 0.6) is 0 Å². The van der Waals surface area contributed by atoms with Crippen molar-refractivity contribution in [2.75, 3.05) is 25.0 Å². The highest BCUT2D eigenvalue weighted by Crippen LogP contribution is 2.21. The predicted molar refractivity (Wildman–Crippen MR) is 89.8 cm³/mol. The van der Waals surface area contributed by atoms with E-state index in [2.05, 4.69) is 27.8 Å². The molecule has 1 amide bonds. The van der Waals surface area contributed by atoms with Gasteiger partial charge >= 0.3 is 0 Å². The zero-order chi connectivity index (χ0) is 14.5. The molecule has 1 saturated heterocycles. The number of aromatic nitrogens is 1. The second-order valence-electron chi connectivity index (χ2n) is 4.85. The number of amides is 1. The maximum absolute atomic E-state index is 12.0. The highest BCUT2D eigenvalue weighted by Gasteiger charge is 2.22. The Morgan fingerprint density at radius 3 is 2.95 bits per heavy atom. The maximum Gasteiger partial charge on any atom is 0.256 e. The minimum Gasteiger partial charge on any atom is -0.366 e. The summed E-state index contributed by atoms with van der Waals surface area (Å²) in [5.74, 6) is -0.136. The molecule has 1 aromatic heterocycles. The van der Waals surface area contributed by atoms with Crippen LogP contribution in [0.1, 0.15) is 10.4 Å². The van der Waals surface area contributed by atoms with E-state index >= 15 is 0 Å². The zero-order valence-corrected chi connectivity index (χ0v) is 13.6. The molecular formula is C15H18ClN3O2S. The van der Waals surface area contributed by atoms with E-state index in [9.17, 15) is 4.79 Å². The molecule has 3 rings (SSSR count). The van der Waals surface area contributed by atoms with Crippen LogP contribution in [0.2, 0.25) is 0 Å². The lowest BCUT2D eigenvalue weighted by Crippen LogP contribution is -2.45. The van der Waals surface area contributed by atoms with E-state index < -0.39 is 6.10 Å². The van der Waals surface area contributed by atoms with Crippen molar-refractivity contribution in [1.82, 2.24) is 10.3 Å². The number of hydrogen-bond acceptors (Lipinski definition) is 5. The number of hydrogen-bond donors (Lipinski definition) is 2. The molecule has 2 N–H and O–H groups in total. The third kappa shape index (κ3) is 4.51. The molecular weight excluding hydrogens is 322 g/mol. The number of morpholine rings is 1. The van der Waals surface area contributed by atoms with Crippen LogP contribution in [0.15, 0.2) is 36.5 Å². The molecule has 1 aromatic carbocycles. The van der Waals surface area contributed by atoms with E-state index in [4.69, 9.17) is 4.74 Å². The minimum atomic E-state index is -0.430. The van der Waals surface area contributed by atoms with Gasteiger partial charge in [-0.2, -0.15) is 0 Å². The van der Waals surface area contributed by atoms with Crippen molar-refractivity contribution in [2.24, 2.45) is 0 Å². The largest absolute Gasteiger partial charge is 0.366 e. The molecule has 1 fully saturated rings. The fraction of sp³-hybridized carbons (Fsp3) is 0.333. The first-order valence-electron chi connectivity index (χ1n) is 6.93. The average Bonchev–Trinajstić information content (AvgIpc) is 2.96. The molecule has 1 atom stereocenters. The minimum absolute atomic E-state index is 0. The fourth-order valence-electron chi connectivity index (χ4n) is 2.16. The van der Waals surface area contributed by atoms with Gasteiger partial charge in [-0.15, -0.1) is 23.7 Å². The molecule has 1 unspecified atom stereocenters. The number of nitrogens with zero attached hydrogens (tertiary/aromatic N) is 1. The molecule has 0 aliphatic carbocycles. The summed E-state index contributed by atoms with van der Waals surface area (Å²) in [5.41, 5.74) is 1.24.